The topological polar surface area (TPSA) is 81.0 Å². The van der Waals surface area contributed by atoms with E-state index in [0.717, 1.165) is 43.5 Å². The standard InChI is InChI=1S/C21H24FN5O2S/c1-16-5-11-19(12-6-16)30(28,29)15-27-21(23-24-25-27)20(26-13-3-2-4-14-26)17-7-9-18(22)10-8-17/h5-12,20H,2-4,13-15H2,1H3/t20-/m1/s1. The molecule has 1 fully saturated rings. The van der Waals surface area contributed by atoms with Crippen LogP contribution in [0.1, 0.15) is 42.3 Å². The van der Waals surface area contributed by atoms with Crippen LogP contribution in [0, 0.1) is 12.7 Å². The molecule has 3 aromatic rings. The molecule has 0 N–H and O–H groups in total. The predicted molar refractivity (Wildman–Crippen MR) is 110 cm³/mol. The Morgan fingerprint density at radius 2 is 1.67 bits per heavy atom. The fourth-order valence-electron chi connectivity index (χ4n) is 3.83. The second-order valence-corrected chi connectivity index (χ2v) is 9.60. The molecule has 0 amide bonds. The van der Waals surface area contributed by atoms with Gasteiger partial charge in [-0.25, -0.2) is 17.5 Å². The Balaban J connectivity index is 1.70. The zero-order valence-corrected chi connectivity index (χ0v) is 17.6. The highest BCUT2D eigenvalue weighted by atomic mass is 32.2. The summed E-state index contributed by atoms with van der Waals surface area (Å²) in [6, 6.07) is 12.6. The van der Waals surface area contributed by atoms with E-state index < -0.39 is 9.84 Å². The van der Waals surface area contributed by atoms with Gasteiger partial charge in [-0.05, 0) is 73.1 Å². The largest absolute Gasteiger partial charge is 0.290 e. The molecule has 0 aliphatic carbocycles. The lowest BCUT2D eigenvalue weighted by Crippen LogP contribution is -2.36. The maximum absolute atomic E-state index is 13.5. The van der Waals surface area contributed by atoms with E-state index in [1.165, 1.54) is 16.8 Å². The Morgan fingerprint density at radius 3 is 2.33 bits per heavy atom. The summed E-state index contributed by atoms with van der Waals surface area (Å²) in [5.41, 5.74) is 1.82. The molecule has 0 unspecified atom stereocenters. The summed E-state index contributed by atoms with van der Waals surface area (Å²) in [6.07, 6.45) is 3.24. The fourth-order valence-corrected chi connectivity index (χ4v) is 5.03. The van der Waals surface area contributed by atoms with Crippen molar-refractivity contribution in [1.29, 1.82) is 0 Å². The normalized spacial score (nSPS) is 16.5. The molecule has 158 valence electrons. The maximum Gasteiger partial charge on any atom is 0.198 e. The zero-order valence-electron chi connectivity index (χ0n) is 16.8. The Bertz CT molecular complexity index is 1090. The lowest BCUT2D eigenvalue weighted by molar-refractivity contribution is 0.178. The Morgan fingerprint density at radius 1 is 1.00 bits per heavy atom. The Kier molecular flexibility index (Phi) is 5.92. The highest BCUT2D eigenvalue weighted by molar-refractivity contribution is 7.90. The first kappa shape index (κ1) is 20.6. The number of halogens is 1. The van der Waals surface area contributed by atoms with E-state index in [2.05, 4.69) is 20.4 Å². The van der Waals surface area contributed by atoms with Crippen LogP contribution < -0.4 is 0 Å². The van der Waals surface area contributed by atoms with Gasteiger partial charge in [0.25, 0.3) is 0 Å². The minimum Gasteiger partial charge on any atom is -0.290 e. The number of rotatable bonds is 6. The molecule has 1 aromatic heterocycles. The fraction of sp³-hybridized carbons (Fsp3) is 0.381. The summed E-state index contributed by atoms with van der Waals surface area (Å²) < 4.78 is 40.8. The highest BCUT2D eigenvalue weighted by Crippen LogP contribution is 2.30. The molecule has 30 heavy (non-hydrogen) atoms. The first-order valence-electron chi connectivity index (χ1n) is 9.99. The van der Waals surface area contributed by atoms with Crippen LogP contribution in [0.3, 0.4) is 0 Å². The summed E-state index contributed by atoms with van der Waals surface area (Å²) in [4.78, 5) is 2.46. The van der Waals surface area contributed by atoms with Gasteiger partial charge in [-0.3, -0.25) is 4.90 Å². The van der Waals surface area contributed by atoms with Crippen LogP contribution in [0.15, 0.2) is 53.4 Å². The minimum absolute atomic E-state index is 0.228. The van der Waals surface area contributed by atoms with E-state index in [1.807, 2.05) is 6.92 Å². The molecule has 7 nitrogen and oxygen atoms in total. The second kappa shape index (κ2) is 8.61. The van der Waals surface area contributed by atoms with E-state index in [1.54, 1.807) is 36.4 Å². The van der Waals surface area contributed by atoms with E-state index in [0.29, 0.717) is 5.82 Å². The first-order valence-corrected chi connectivity index (χ1v) is 11.6. The molecular formula is C21H24FN5O2S. The van der Waals surface area contributed by atoms with Crippen molar-refractivity contribution < 1.29 is 12.8 Å². The maximum atomic E-state index is 13.5. The number of aryl methyl sites for hydroxylation is 1. The molecule has 0 saturated carbocycles. The molecule has 9 heteroatoms. The third-order valence-corrected chi connectivity index (χ3v) is 6.99. The van der Waals surface area contributed by atoms with Crippen LogP contribution in [-0.4, -0.2) is 46.6 Å². The van der Waals surface area contributed by atoms with Crippen LogP contribution in [0.4, 0.5) is 4.39 Å². The number of piperidine rings is 1. The van der Waals surface area contributed by atoms with Crippen LogP contribution in [0.5, 0.6) is 0 Å². The molecule has 1 atom stereocenters. The average molecular weight is 430 g/mol. The van der Waals surface area contributed by atoms with Crippen molar-refractivity contribution in [2.75, 3.05) is 13.1 Å². The lowest BCUT2D eigenvalue weighted by Gasteiger charge is -2.34. The van der Waals surface area contributed by atoms with Gasteiger partial charge < -0.3 is 0 Å². The third kappa shape index (κ3) is 4.41. The summed E-state index contributed by atoms with van der Waals surface area (Å²) in [6.45, 7) is 3.60. The number of nitrogens with zero attached hydrogens (tertiary/aromatic N) is 5. The highest BCUT2D eigenvalue weighted by Gasteiger charge is 2.30. The van der Waals surface area contributed by atoms with Crippen molar-refractivity contribution in [3.05, 3.63) is 71.3 Å². The van der Waals surface area contributed by atoms with Crippen LogP contribution in [0.25, 0.3) is 0 Å². The van der Waals surface area contributed by atoms with Gasteiger partial charge in [0.1, 0.15) is 5.82 Å². The number of benzene rings is 2. The summed E-state index contributed by atoms with van der Waals surface area (Å²) in [7, 11) is -3.63. The van der Waals surface area contributed by atoms with E-state index in [4.69, 9.17) is 0 Å². The third-order valence-electron chi connectivity index (χ3n) is 5.42. The molecule has 0 radical (unpaired) electrons. The zero-order chi connectivity index (χ0) is 21.1. The number of hydrogen-bond donors (Lipinski definition) is 0. The quantitative estimate of drug-likeness (QED) is 0.599. The molecule has 4 rings (SSSR count). The van der Waals surface area contributed by atoms with Gasteiger partial charge in [0, 0.05) is 0 Å². The predicted octanol–water partition coefficient (Wildman–Crippen LogP) is 3.13. The van der Waals surface area contributed by atoms with E-state index in [9.17, 15) is 12.8 Å². The van der Waals surface area contributed by atoms with Gasteiger partial charge in [-0.1, -0.05) is 36.2 Å². The van der Waals surface area contributed by atoms with Crippen LogP contribution >= 0.6 is 0 Å². The van der Waals surface area contributed by atoms with Crippen molar-refractivity contribution in [3.8, 4) is 0 Å². The number of aromatic nitrogens is 4. The molecule has 2 heterocycles. The molecular weight excluding hydrogens is 405 g/mol. The second-order valence-electron chi connectivity index (χ2n) is 7.64. The summed E-state index contributed by atoms with van der Waals surface area (Å²) in [5.74, 6) is -0.235. The van der Waals surface area contributed by atoms with Crippen molar-refractivity contribution >= 4 is 9.84 Å². The summed E-state index contributed by atoms with van der Waals surface area (Å²) >= 11 is 0. The van der Waals surface area contributed by atoms with Crippen molar-refractivity contribution in [2.45, 2.75) is 43.0 Å². The number of hydrogen-bond acceptors (Lipinski definition) is 6. The molecule has 2 aromatic carbocycles. The first-order chi connectivity index (χ1) is 14.4. The number of sulfone groups is 1. The number of tetrazole rings is 1. The summed E-state index contributed by atoms with van der Waals surface area (Å²) in [5, 5.41) is 11.9. The van der Waals surface area contributed by atoms with Gasteiger partial charge in [0.15, 0.2) is 21.5 Å². The molecule has 0 bridgehead atoms. The Labute approximate surface area is 175 Å². The van der Waals surface area contributed by atoms with Crippen molar-refractivity contribution in [1.82, 2.24) is 25.1 Å². The molecule has 1 aliphatic heterocycles. The van der Waals surface area contributed by atoms with Gasteiger partial charge >= 0.3 is 0 Å². The molecule has 1 aliphatic rings. The van der Waals surface area contributed by atoms with Crippen molar-refractivity contribution in [2.24, 2.45) is 0 Å². The number of likely N-dealkylation sites (tertiary alicyclic amines) is 1. The SMILES string of the molecule is Cc1ccc(S(=O)(=O)Cn2nnnc2[C@@H](c2ccc(F)cc2)N2CCCCC2)cc1. The smallest absolute Gasteiger partial charge is 0.198 e. The minimum atomic E-state index is -3.63. The van der Waals surface area contributed by atoms with Gasteiger partial charge in [0.2, 0.25) is 0 Å². The lowest BCUT2D eigenvalue weighted by atomic mass is 10.0. The van der Waals surface area contributed by atoms with E-state index in [-0.39, 0.29) is 22.6 Å². The van der Waals surface area contributed by atoms with Gasteiger partial charge in [0.05, 0.1) is 10.9 Å². The van der Waals surface area contributed by atoms with Crippen LogP contribution in [-0.2, 0) is 15.7 Å². The molecule has 0 spiro atoms. The van der Waals surface area contributed by atoms with Crippen LogP contribution in [0.2, 0.25) is 0 Å². The molecule has 1 saturated heterocycles. The van der Waals surface area contributed by atoms with Gasteiger partial charge in [-0.15, -0.1) is 5.10 Å². The van der Waals surface area contributed by atoms with Gasteiger partial charge in [-0.2, -0.15) is 0 Å². The van der Waals surface area contributed by atoms with Crippen molar-refractivity contribution in [3.63, 3.8) is 0 Å². The average Bonchev–Trinajstić information content (AvgIpc) is 3.18. The monoisotopic (exact) mass is 429 g/mol. The van der Waals surface area contributed by atoms with E-state index >= 15 is 0 Å². The Hall–Kier alpha value is -2.65.